The fraction of sp³-hybridized carbons (Fsp3) is 0.952. The summed E-state index contributed by atoms with van der Waals surface area (Å²) in [7, 11) is 3.49. The molecule has 0 spiro atoms. The van der Waals surface area contributed by atoms with Crippen LogP contribution in [-0.4, -0.2) is 60.9 Å². The highest BCUT2D eigenvalue weighted by Gasteiger charge is 2.47. The normalized spacial score (nSPS) is 31.6. The first-order valence-corrected chi connectivity index (χ1v) is 12.8. The number of carbonyl (C=O) groups is 1. The third-order valence-corrected chi connectivity index (χ3v) is 9.72. The summed E-state index contributed by atoms with van der Waals surface area (Å²) in [6.07, 6.45) is 5.45. The van der Waals surface area contributed by atoms with Gasteiger partial charge in [-0.1, -0.05) is 20.8 Å². The van der Waals surface area contributed by atoms with Crippen LogP contribution in [0.1, 0.15) is 59.3 Å². The minimum Gasteiger partial charge on any atom is -0.469 e. The SMILES string of the molecule is COC(=O)CCCC1CC2CC(C(OC)OC)C(O[SiH](C)C(C)(C)C)CC2O1. The largest absolute Gasteiger partial charge is 0.469 e. The minimum atomic E-state index is -1.37. The monoisotopic (exact) mass is 416 g/mol. The Morgan fingerprint density at radius 1 is 1.14 bits per heavy atom. The first kappa shape index (κ1) is 23.8. The van der Waals surface area contributed by atoms with Gasteiger partial charge in [0.25, 0.3) is 0 Å². The molecule has 2 fully saturated rings. The van der Waals surface area contributed by atoms with Gasteiger partial charge in [0.05, 0.1) is 25.4 Å². The molecule has 1 heterocycles. The van der Waals surface area contributed by atoms with Crippen LogP contribution >= 0.6 is 0 Å². The molecule has 2 aliphatic rings. The highest BCUT2D eigenvalue weighted by atomic mass is 28.3. The summed E-state index contributed by atoms with van der Waals surface area (Å²) in [5.41, 5.74) is 0. The van der Waals surface area contributed by atoms with E-state index in [0.29, 0.717) is 12.3 Å². The van der Waals surface area contributed by atoms with E-state index in [1.807, 2.05) is 0 Å². The van der Waals surface area contributed by atoms with Gasteiger partial charge in [-0.2, -0.15) is 0 Å². The Morgan fingerprint density at radius 3 is 2.39 bits per heavy atom. The predicted octanol–water partition coefficient (Wildman–Crippen LogP) is 3.67. The molecule has 2 rings (SSSR count). The molecule has 164 valence electrons. The van der Waals surface area contributed by atoms with Gasteiger partial charge in [0.15, 0.2) is 15.3 Å². The summed E-state index contributed by atoms with van der Waals surface area (Å²) in [6, 6.07) is 0. The quantitative estimate of drug-likeness (QED) is 0.325. The summed E-state index contributed by atoms with van der Waals surface area (Å²) in [5.74, 6) is 0.589. The molecule has 0 N–H and O–H groups in total. The molecular weight excluding hydrogens is 376 g/mol. The fourth-order valence-electron chi connectivity index (χ4n) is 4.42. The van der Waals surface area contributed by atoms with Crippen molar-refractivity contribution in [2.45, 2.75) is 95.5 Å². The molecule has 1 aliphatic heterocycles. The zero-order chi connectivity index (χ0) is 20.9. The second-order valence-electron chi connectivity index (χ2n) is 9.42. The number of esters is 1. The van der Waals surface area contributed by atoms with Gasteiger partial charge in [-0.15, -0.1) is 0 Å². The zero-order valence-electron chi connectivity index (χ0n) is 18.7. The Bertz CT molecular complexity index is 490. The van der Waals surface area contributed by atoms with Crippen molar-refractivity contribution in [3.63, 3.8) is 0 Å². The average Bonchev–Trinajstić information content (AvgIpc) is 3.03. The maximum Gasteiger partial charge on any atom is 0.305 e. The lowest BCUT2D eigenvalue weighted by molar-refractivity contribution is -0.178. The molecule has 6 nitrogen and oxygen atoms in total. The Morgan fingerprint density at radius 2 is 1.82 bits per heavy atom. The van der Waals surface area contributed by atoms with Gasteiger partial charge in [-0.05, 0) is 49.6 Å². The van der Waals surface area contributed by atoms with Crippen molar-refractivity contribution in [2.24, 2.45) is 11.8 Å². The number of methoxy groups -OCH3 is 3. The first-order chi connectivity index (χ1) is 13.2. The van der Waals surface area contributed by atoms with E-state index in [9.17, 15) is 4.79 Å². The van der Waals surface area contributed by atoms with Crippen molar-refractivity contribution in [2.75, 3.05) is 21.3 Å². The van der Waals surface area contributed by atoms with Crippen molar-refractivity contribution in [1.29, 1.82) is 0 Å². The summed E-state index contributed by atoms with van der Waals surface area (Å²) < 4.78 is 29.0. The number of fused-ring (bicyclic) bond motifs is 1. The molecule has 0 amide bonds. The smallest absolute Gasteiger partial charge is 0.305 e. The maximum absolute atomic E-state index is 11.3. The fourth-order valence-corrected chi connectivity index (χ4v) is 5.67. The molecule has 1 saturated heterocycles. The van der Waals surface area contributed by atoms with Crippen molar-refractivity contribution >= 4 is 15.0 Å². The Labute approximate surface area is 172 Å². The second-order valence-corrected chi connectivity index (χ2v) is 12.7. The van der Waals surface area contributed by atoms with Gasteiger partial charge >= 0.3 is 5.97 Å². The van der Waals surface area contributed by atoms with E-state index >= 15 is 0 Å². The topological polar surface area (TPSA) is 63.2 Å². The third kappa shape index (κ3) is 6.26. The van der Waals surface area contributed by atoms with E-state index in [1.54, 1.807) is 14.2 Å². The number of rotatable bonds is 9. The number of hydrogen-bond donors (Lipinski definition) is 0. The molecule has 0 aromatic rings. The summed E-state index contributed by atoms with van der Waals surface area (Å²) in [5, 5.41) is 0.212. The van der Waals surface area contributed by atoms with E-state index in [2.05, 4.69) is 27.3 Å². The number of carbonyl (C=O) groups excluding carboxylic acids is 1. The van der Waals surface area contributed by atoms with E-state index in [4.69, 9.17) is 23.4 Å². The van der Waals surface area contributed by atoms with Crippen molar-refractivity contribution in [1.82, 2.24) is 0 Å². The minimum absolute atomic E-state index is 0.112. The molecule has 1 aliphatic carbocycles. The van der Waals surface area contributed by atoms with E-state index in [0.717, 1.165) is 32.1 Å². The standard InChI is InChI=1S/C21H40O6Si/c1-21(2,3)28(7)27-18-13-17-14(12-16(18)20(24-5)25-6)11-15(26-17)9-8-10-19(22)23-4/h14-18,20,28H,8-13H2,1-7H3. The summed E-state index contributed by atoms with van der Waals surface area (Å²) >= 11 is 0. The van der Waals surface area contributed by atoms with Crippen molar-refractivity contribution in [3.8, 4) is 0 Å². The first-order valence-electron chi connectivity index (χ1n) is 10.6. The number of hydrogen-bond acceptors (Lipinski definition) is 6. The van der Waals surface area contributed by atoms with E-state index < -0.39 is 9.04 Å². The molecule has 0 bridgehead atoms. The molecule has 1 saturated carbocycles. The van der Waals surface area contributed by atoms with Gasteiger partial charge in [0.1, 0.15) is 0 Å². The van der Waals surface area contributed by atoms with E-state index in [-0.39, 0.29) is 41.5 Å². The second kappa shape index (κ2) is 10.5. The van der Waals surface area contributed by atoms with E-state index in [1.165, 1.54) is 7.11 Å². The van der Waals surface area contributed by atoms with Crippen molar-refractivity contribution in [3.05, 3.63) is 0 Å². The molecule has 6 atom stereocenters. The van der Waals surface area contributed by atoms with Gasteiger partial charge in [-0.25, -0.2) is 0 Å². The lowest BCUT2D eigenvalue weighted by Crippen LogP contribution is -2.47. The van der Waals surface area contributed by atoms with Crippen LogP contribution in [-0.2, 0) is 28.2 Å². The van der Waals surface area contributed by atoms with Crippen LogP contribution in [0.3, 0.4) is 0 Å². The van der Waals surface area contributed by atoms with Crippen LogP contribution in [0.15, 0.2) is 0 Å². The Kier molecular flexibility index (Phi) is 8.95. The molecule has 0 radical (unpaired) electrons. The average molecular weight is 417 g/mol. The van der Waals surface area contributed by atoms with Crippen LogP contribution in [0.2, 0.25) is 11.6 Å². The Hall–Kier alpha value is -0.473. The molecule has 7 heteroatoms. The highest BCUT2D eigenvalue weighted by Crippen LogP contribution is 2.45. The Balaban J connectivity index is 2.00. The van der Waals surface area contributed by atoms with Gasteiger partial charge in [-0.3, -0.25) is 4.79 Å². The van der Waals surface area contributed by atoms with Crippen LogP contribution in [0.4, 0.5) is 0 Å². The summed E-state index contributed by atoms with van der Waals surface area (Å²) in [4.78, 5) is 11.3. The predicted molar refractivity (Wildman–Crippen MR) is 111 cm³/mol. The molecule has 0 aromatic heterocycles. The van der Waals surface area contributed by atoms with Crippen LogP contribution in [0.25, 0.3) is 0 Å². The number of ether oxygens (including phenoxy) is 4. The van der Waals surface area contributed by atoms with Gasteiger partial charge < -0.3 is 23.4 Å². The molecular formula is C21H40O6Si. The molecule has 28 heavy (non-hydrogen) atoms. The zero-order valence-corrected chi connectivity index (χ0v) is 19.9. The summed E-state index contributed by atoms with van der Waals surface area (Å²) in [6.45, 7) is 9.07. The highest BCUT2D eigenvalue weighted by molar-refractivity contribution is 6.53. The van der Waals surface area contributed by atoms with Crippen LogP contribution in [0.5, 0.6) is 0 Å². The lowest BCUT2D eigenvalue weighted by Gasteiger charge is -2.43. The molecule has 0 aromatic carbocycles. The lowest BCUT2D eigenvalue weighted by atomic mass is 9.76. The maximum atomic E-state index is 11.3. The van der Waals surface area contributed by atoms with Crippen LogP contribution in [0, 0.1) is 11.8 Å². The van der Waals surface area contributed by atoms with Crippen LogP contribution < -0.4 is 0 Å². The van der Waals surface area contributed by atoms with Gasteiger partial charge in [0, 0.05) is 26.6 Å². The van der Waals surface area contributed by atoms with Gasteiger partial charge in [0.2, 0.25) is 0 Å². The molecule has 6 unspecified atom stereocenters. The van der Waals surface area contributed by atoms with Crippen molar-refractivity contribution < 1.29 is 28.2 Å². The third-order valence-electron chi connectivity index (χ3n) is 6.52.